The van der Waals surface area contributed by atoms with Gasteiger partial charge in [0.2, 0.25) is 5.88 Å². The van der Waals surface area contributed by atoms with Crippen molar-refractivity contribution in [2.75, 3.05) is 5.32 Å². The van der Waals surface area contributed by atoms with Gasteiger partial charge in [0.05, 0.1) is 0 Å². The molecule has 0 radical (unpaired) electrons. The second-order valence-electron chi connectivity index (χ2n) is 5.08. The molecule has 0 unspecified atom stereocenters. The van der Waals surface area contributed by atoms with Gasteiger partial charge in [0.15, 0.2) is 0 Å². The van der Waals surface area contributed by atoms with E-state index in [9.17, 15) is 4.39 Å². The Morgan fingerprint density at radius 1 is 1.04 bits per heavy atom. The Morgan fingerprint density at radius 2 is 1.87 bits per heavy atom. The minimum absolute atomic E-state index is 0.295. The Labute approximate surface area is 134 Å². The van der Waals surface area contributed by atoms with E-state index in [-0.39, 0.29) is 5.82 Å². The van der Waals surface area contributed by atoms with Crippen molar-refractivity contribution in [3.8, 4) is 11.6 Å². The molecule has 5 heteroatoms. The second kappa shape index (κ2) is 6.87. The molecule has 0 amide bonds. The van der Waals surface area contributed by atoms with Gasteiger partial charge in [-0.2, -0.15) is 0 Å². The predicted octanol–water partition coefficient (Wildman–Crippen LogP) is 4.33. The van der Waals surface area contributed by atoms with Gasteiger partial charge in [-0.1, -0.05) is 12.1 Å². The summed E-state index contributed by atoms with van der Waals surface area (Å²) in [6.45, 7) is 2.58. The number of nitrogens with zero attached hydrogens (tertiary/aromatic N) is 2. The molecule has 0 spiro atoms. The van der Waals surface area contributed by atoms with Crippen molar-refractivity contribution in [1.82, 2.24) is 9.97 Å². The number of benzene rings is 1. The first kappa shape index (κ1) is 15.0. The first-order valence-electron chi connectivity index (χ1n) is 7.25. The zero-order chi connectivity index (χ0) is 16.1. The summed E-state index contributed by atoms with van der Waals surface area (Å²) in [4.78, 5) is 8.63. The third-order valence-corrected chi connectivity index (χ3v) is 3.20. The van der Waals surface area contributed by atoms with Crippen LogP contribution in [0, 0.1) is 12.7 Å². The Balaban J connectivity index is 1.59. The highest BCUT2D eigenvalue weighted by Crippen LogP contribution is 2.19. The van der Waals surface area contributed by atoms with Crippen molar-refractivity contribution < 1.29 is 9.13 Å². The van der Waals surface area contributed by atoms with Crippen LogP contribution in [-0.2, 0) is 6.54 Å². The largest absolute Gasteiger partial charge is 0.439 e. The summed E-state index contributed by atoms with van der Waals surface area (Å²) >= 11 is 0. The molecule has 2 aromatic heterocycles. The number of rotatable bonds is 5. The molecular formula is C18H16FN3O. The molecule has 4 nitrogen and oxygen atoms in total. The molecule has 0 fully saturated rings. The molecule has 0 saturated heterocycles. The predicted molar refractivity (Wildman–Crippen MR) is 87.0 cm³/mol. The highest BCUT2D eigenvalue weighted by Gasteiger charge is 2.01. The van der Waals surface area contributed by atoms with E-state index in [0.717, 1.165) is 17.1 Å². The molecule has 2 heterocycles. The standard InChI is InChI=1S/C18H16FN3O/c1-13-3-2-4-17(22-13)20-11-14-5-10-18(21-12-14)23-16-8-6-15(19)7-9-16/h2-10,12H,11H2,1H3,(H,20,22). The van der Waals surface area contributed by atoms with Gasteiger partial charge in [-0.15, -0.1) is 0 Å². The van der Waals surface area contributed by atoms with Gasteiger partial charge in [0, 0.05) is 24.5 Å². The average molecular weight is 309 g/mol. The molecule has 0 bridgehead atoms. The SMILES string of the molecule is Cc1cccc(NCc2ccc(Oc3ccc(F)cc3)nc2)n1. The molecule has 3 rings (SSSR count). The monoisotopic (exact) mass is 309 g/mol. The number of aryl methyl sites for hydroxylation is 1. The van der Waals surface area contributed by atoms with Crippen LogP contribution >= 0.6 is 0 Å². The molecule has 23 heavy (non-hydrogen) atoms. The summed E-state index contributed by atoms with van der Waals surface area (Å²) in [5.41, 5.74) is 1.98. The lowest BCUT2D eigenvalue weighted by Gasteiger charge is -2.08. The number of hydrogen-bond acceptors (Lipinski definition) is 4. The average Bonchev–Trinajstić information content (AvgIpc) is 2.56. The minimum Gasteiger partial charge on any atom is -0.439 e. The van der Waals surface area contributed by atoms with Gasteiger partial charge >= 0.3 is 0 Å². The van der Waals surface area contributed by atoms with Crippen LogP contribution in [0.3, 0.4) is 0 Å². The van der Waals surface area contributed by atoms with Crippen LogP contribution in [0.4, 0.5) is 10.2 Å². The van der Waals surface area contributed by atoms with Crippen LogP contribution in [0.2, 0.25) is 0 Å². The van der Waals surface area contributed by atoms with Crippen LogP contribution in [0.1, 0.15) is 11.3 Å². The quantitative estimate of drug-likeness (QED) is 0.762. The van der Waals surface area contributed by atoms with Gasteiger partial charge in [0.1, 0.15) is 17.4 Å². The number of anilines is 1. The van der Waals surface area contributed by atoms with Gasteiger partial charge in [-0.05, 0) is 48.9 Å². The van der Waals surface area contributed by atoms with E-state index in [4.69, 9.17) is 4.74 Å². The smallest absolute Gasteiger partial charge is 0.219 e. The molecule has 116 valence electrons. The van der Waals surface area contributed by atoms with Gasteiger partial charge in [-0.3, -0.25) is 0 Å². The highest BCUT2D eigenvalue weighted by atomic mass is 19.1. The van der Waals surface area contributed by atoms with Crippen LogP contribution in [0.25, 0.3) is 0 Å². The number of nitrogens with one attached hydrogen (secondary N) is 1. The molecule has 0 aliphatic carbocycles. The van der Waals surface area contributed by atoms with Gasteiger partial charge in [0.25, 0.3) is 0 Å². The van der Waals surface area contributed by atoms with Crippen molar-refractivity contribution in [2.45, 2.75) is 13.5 Å². The molecule has 0 saturated carbocycles. The van der Waals surface area contributed by atoms with Gasteiger partial charge < -0.3 is 10.1 Å². The van der Waals surface area contributed by atoms with Crippen molar-refractivity contribution in [2.24, 2.45) is 0 Å². The molecule has 1 aromatic carbocycles. The van der Waals surface area contributed by atoms with E-state index in [1.165, 1.54) is 12.1 Å². The molecule has 3 aromatic rings. The highest BCUT2D eigenvalue weighted by molar-refractivity contribution is 5.36. The van der Waals surface area contributed by atoms with Crippen LogP contribution in [0.15, 0.2) is 60.8 Å². The number of hydrogen-bond donors (Lipinski definition) is 1. The zero-order valence-corrected chi connectivity index (χ0v) is 12.7. The fraction of sp³-hybridized carbons (Fsp3) is 0.111. The first-order valence-corrected chi connectivity index (χ1v) is 7.25. The molecular weight excluding hydrogens is 293 g/mol. The summed E-state index contributed by atoms with van der Waals surface area (Å²) in [6, 6.07) is 15.4. The summed E-state index contributed by atoms with van der Waals surface area (Å²) in [7, 11) is 0. The Kier molecular flexibility index (Phi) is 4.47. The maximum Gasteiger partial charge on any atom is 0.219 e. The minimum atomic E-state index is -0.295. The summed E-state index contributed by atoms with van der Waals surface area (Å²) in [5, 5.41) is 3.24. The third-order valence-electron chi connectivity index (χ3n) is 3.20. The molecule has 0 aliphatic rings. The first-order chi connectivity index (χ1) is 11.2. The van der Waals surface area contributed by atoms with E-state index >= 15 is 0 Å². The van der Waals surface area contributed by atoms with Gasteiger partial charge in [-0.25, -0.2) is 14.4 Å². The third kappa shape index (κ3) is 4.26. The Hall–Kier alpha value is -2.95. The lowest BCUT2D eigenvalue weighted by molar-refractivity contribution is 0.461. The Bertz CT molecular complexity index is 773. The van der Waals surface area contributed by atoms with Crippen LogP contribution in [-0.4, -0.2) is 9.97 Å². The van der Waals surface area contributed by atoms with E-state index in [0.29, 0.717) is 18.2 Å². The fourth-order valence-corrected chi connectivity index (χ4v) is 2.03. The van der Waals surface area contributed by atoms with Crippen molar-refractivity contribution >= 4 is 5.82 Å². The van der Waals surface area contributed by atoms with Crippen molar-refractivity contribution in [3.63, 3.8) is 0 Å². The molecule has 1 N–H and O–H groups in total. The summed E-state index contributed by atoms with van der Waals surface area (Å²) < 4.78 is 18.4. The Morgan fingerprint density at radius 3 is 2.57 bits per heavy atom. The number of halogens is 1. The number of ether oxygens (including phenoxy) is 1. The van der Waals surface area contributed by atoms with Crippen molar-refractivity contribution in [1.29, 1.82) is 0 Å². The molecule has 0 aliphatic heterocycles. The fourth-order valence-electron chi connectivity index (χ4n) is 2.03. The van der Waals surface area contributed by atoms with Crippen LogP contribution in [0.5, 0.6) is 11.6 Å². The topological polar surface area (TPSA) is 47.0 Å². The van der Waals surface area contributed by atoms with Crippen LogP contribution < -0.4 is 10.1 Å². The summed E-state index contributed by atoms with van der Waals surface area (Å²) in [5.74, 6) is 1.55. The van der Waals surface area contributed by atoms with E-state index in [2.05, 4.69) is 15.3 Å². The lowest BCUT2D eigenvalue weighted by Crippen LogP contribution is -2.02. The normalized spacial score (nSPS) is 10.3. The maximum atomic E-state index is 12.8. The zero-order valence-electron chi connectivity index (χ0n) is 12.7. The lowest BCUT2D eigenvalue weighted by atomic mass is 10.3. The van der Waals surface area contributed by atoms with Crippen molar-refractivity contribution in [3.05, 3.63) is 77.9 Å². The molecule has 0 atom stereocenters. The van der Waals surface area contributed by atoms with E-state index in [1.807, 2.05) is 31.2 Å². The van der Waals surface area contributed by atoms with E-state index < -0.39 is 0 Å². The number of pyridine rings is 2. The summed E-state index contributed by atoms with van der Waals surface area (Å²) in [6.07, 6.45) is 1.74. The van der Waals surface area contributed by atoms with E-state index in [1.54, 1.807) is 24.4 Å². The number of aromatic nitrogens is 2. The second-order valence-corrected chi connectivity index (χ2v) is 5.08. The maximum absolute atomic E-state index is 12.8.